The van der Waals surface area contributed by atoms with E-state index in [2.05, 4.69) is 17.0 Å². The van der Waals surface area contributed by atoms with Crippen LogP contribution in [-0.4, -0.2) is 75.5 Å². The quantitative estimate of drug-likeness (QED) is 0.348. The summed E-state index contributed by atoms with van der Waals surface area (Å²) in [6, 6.07) is 11.9. The molecule has 2 aromatic rings. The van der Waals surface area contributed by atoms with Gasteiger partial charge in [0, 0.05) is 44.2 Å². The van der Waals surface area contributed by atoms with E-state index in [-0.39, 0.29) is 23.7 Å². The zero-order chi connectivity index (χ0) is 31.8. The van der Waals surface area contributed by atoms with Gasteiger partial charge >= 0.3 is 5.97 Å². The van der Waals surface area contributed by atoms with Crippen molar-refractivity contribution in [3.8, 4) is 5.75 Å². The maximum Gasteiger partial charge on any atom is 0.343 e. The highest BCUT2D eigenvalue weighted by Crippen LogP contribution is 2.48. The molecule has 2 aliphatic carbocycles. The highest BCUT2D eigenvalue weighted by molar-refractivity contribution is 6.30. The van der Waals surface area contributed by atoms with Crippen LogP contribution >= 0.6 is 11.6 Å². The molecule has 45 heavy (non-hydrogen) atoms. The molecule has 1 fully saturated rings. The molecule has 1 amide bonds. The van der Waals surface area contributed by atoms with Gasteiger partial charge in [0.25, 0.3) is 0 Å². The fourth-order valence-electron chi connectivity index (χ4n) is 7.95. The Hall–Kier alpha value is -3.07. The molecule has 2 bridgehead atoms. The van der Waals surface area contributed by atoms with E-state index in [4.69, 9.17) is 25.8 Å². The summed E-state index contributed by atoms with van der Waals surface area (Å²) in [6.45, 7) is 2.49. The van der Waals surface area contributed by atoms with E-state index in [0.29, 0.717) is 31.2 Å². The largest absolute Gasteiger partial charge is 0.490 e. The van der Waals surface area contributed by atoms with Crippen LogP contribution in [-0.2, 0) is 36.5 Å². The van der Waals surface area contributed by atoms with E-state index < -0.39 is 17.7 Å². The zero-order valence-electron chi connectivity index (χ0n) is 26.6. The lowest BCUT2D eigenvalue weighted by molar-refractivity contribution is -0.172. The number of fused-ring (bicyclic) bond motifs is 4. The number of anilines is 1. The Morgan fingerprint density at radius 3 is 2.73 bits per heavy atom. The van der Waals surface area contributed by atoms with Crippen molar-refractivity contribution in [1.82, 2.24) is 4.90 Å². The SMILES string of the molecule is COC(=O)[C@]1(OC)CC(=O)N(C)CCC/C=C/[C@H](O)[C@@H]2CC[C@H]2CN2C[C@@]3(CCCc4cc(Cl)ccc43)COc3ccc1cc32. The highest BCUT2D eigenvalue weighted by atomic mass is 35.5. The Labute approximate surface area is 271 Å². The number of hydrogen-bond acceptors (Lipinski definition) is 7. The third-order valence-corrected chi connectivity index (χ3v) is 11.0. The summed E-state index contributed by atoms with van der Waals surface area (Å²) < 4.78 is 17.9. The first-order valence-electron chi connectivity index (χ1n) is 16.2. The van der Waals surface area contributed by atoms with Crippen LogP contribution in [0.2, 0.25) is 5.02 Å². The Morgan fingerprint density at radius 2 is 1.98 bits per heavy atom. The van der Waals surface area contributed by atoms with Gasteiger partial charge in [0.1, 0.15) is 5.75 Å². The van der Waals surface area contributed by atoms with Gasteiger partial charge in [0.05, 0.1) is 31.9 Å². The number of halogens is 1. The minimum absolute atomic E-state index is 0.165. The van der Waals surface area contributed by atoms with Crippen LogP contribution in [0.5, 0.6) is 5.75 Å². The van der Waals surface area contributed by atoms with Gasteiger partial charge in [-0.2, -0.15) is 0 Å². The summed E-state index contributed by atoms with van der Waals surface area (Å²) in [5, 5.41) is 11.9. The number of hydrogen-bond donors (Lipinski definition) is 1. The molecule has 2 heterocycles. The maximum atomic E-state index is 13.5. The molecular formula is C36H45ClN2O6. The maximum absolute atomic E-state index is 13.5. The number of aliphatic hydroxyl groups excluding tert-OH is 1. The molecule has 242 valence electrons. The Balaban J connectivity index is 1.47. The fraction of sp³-hybridized carbons (Fsp3) is 0.556. The number of rotatable bonds is 2. The first kappa shape index (κ1) is 31.9. The standard InChI is InChI=1S/C36H45ClN2O6/c1-38-17-6-4-5-9-31(40)28-13-10-25(28)21-39-22-35(16-7-8-24-18-27(37)12-14-29(24)35)23-45-32-15-11-26(19-30(32)39)36(44-3,20-33(38)41)34(42)43-2/h5,9,11-12,14-15,18-19,25,28,31,40H,4,6-8,10,13,16-17,20-23H2,1-3H3/b9-5+/t25-,28+,31-,35-,36-/m0/s1. The molecule has 2 aliphatic heterocycles. The molecule has 1 saturated carbocycles. The van der Waals surface area contributed by atoms with E-state index in [1.54, 1.807) is 11.9 Å². The highest BCUT2D eigenvalue weighted by Gasteiger charge is 2.47. The van der Waals surface area contributed by atoms with E-state index in [0.717, 1.165) is 68.0 Å². The molecule has 4 aliphatic rings. The van der Waals surface area contributed by atoms with E-state index >= 15 is 0 Å². The van der Waals surface area contributed by atoms with Crippen molar-refractivity contribution < 1.29 is 28.9 Å². The van der Waals surface area contributed by atoms with Crippen molar-refractivity contribution in [2.24, 2.45) is 11.8 Å². The van der Waals surface area contributed by atoms with E-state index in [1.165, 1.54) is 25.3 Å². The number of aliphatic hydroxyl groups is 1. The Kier molecular flexibility index (Phi) is 9.19. The second-order valence-electron chi connectivity index (χ2n) is 13.4. The van der Waals surface area contributed by atoms with Gasteiger partial charge in [-0.05, 0) is 97.7 Å². The average molecular weight is 637 g/mol. The molecule has 1 N–H and O–H groups in total. The fourth-order valence-corrected chi connectivity index (χ4v) is 8.14. The van der Waals surface area contributed by atoms with Crippen molar-refractivity contribution in [3.05, 3.63) is 70.3 Å². The van der Waals surface area contributed by atoms with Gasteiger partial charge in [0.2, 0.25) is 5.91 Å². The third kappa shape index (κ3) is 5.97. The Bertz CT molecular complexity index is 1460. The summed E-state index contributed by atoms with van der Waals surface area (Å²) in [7, 11) is 4.52. The monoisotopic (exact) mass is 636 g/mol. The second kappa shape index (κ2) is 13.0. The van der Waals surface area contributed by atoms with Gasteiger partial charge in [-0.15, -0.1) is 0 Å². The molecule has 0 aromatic heterocycles. The van der Waals surface area contributed by atoms with Crippen LogP contribution in [0.3, 0.4) is 0 Å². The number of methoxy groups -OCH3 is 2. The molecule has 0 saturated heterocycles. The van der Waals surface area contributed by atoms with Crippen LogP contribution in [0, 0.1) is 11.8 Å². The molecule has 6 rings (SSSR count). The number of carbonyl (C=O) groups is 2. The lowest BCUT2D eigenvalue weighted by Gasteiger charge is -2.45. The smallest absolute Gasteiger partial charge is 0.343 e. The van der Waals surface area contributed by atoms with Crippen molar-refractivity contribution in [2.75, 3.05) is 52.4 Å². The number of allylic oxidation sites excluding steroid dienone is 1. The van der Waals surface area contributed by atoms with Crippen molar-refractivity contribution in [1.29, 1.82) is 0 Å². The molecule has 9 heteroatoms. The lowest BCUT2D eigenvalue weighted by atomic mass is 9.68. The van der Waals surface area contributed by atoms with Gasteiger partial charge in [-0.1, -0.05) is 35.9 Å². The van der Waals surface area contributed by atoms with Crippen LogP contribution in [0.25, 0.3) is 0 Å². The Morgan fingerprint density at radius 1 is 1.13 bits per heavy atom. The number of benzene rings is 2. The normalized spacial score (nSPS) is 31.0. The summed E-state index contributed by atoms with van der Waals surface area (Å²) >= 11 is 6.44. The lowest BCUT2D eigenvalue weighted by Crippen LogP contribution is -2.49. The third-order valence-electron chi connectivity index (χ3n) is 10.8. The molecule has 0 radical (unpaired) electrons. The van der Waals surface area contributed by atoms with Crippen LogP contribution in [0.4, 0.5) is 5.69 Å². The summed E-state index contributed by atoms with van der Waals surface area (Å²) in [4.78, 5) is 31.1. The van der Waals surface area contributed by atoms with Crippen LogP contribution in [0.1, 0.15) is 61.6 Å². The second-order valence-corrected chi connectivity index (χ2v) is 13.8. The average Bonchev–Trinajstić information content (AvgIpc) is 3.17. The first-order valence-corrected chi connectivity index (χ1v) is 16.6. The molecule has 1 spiro atoms. The topological polar surface area (TPSA) is 88.5 Å². The van der Waals surface area contributed by atoms with Gasteiger partial charge in [0.15, 0.2) is 5.60 Å². The molecule has 8 nitrogen and oxygen atoms in total. The first-order chi connectivity index (χ1) is 21.7. The number of amides is 1. The predicted octanol–water partition coefficient (Wildman–Crippen LogP) is 5.41. The molecule has 2 aromatic carbocycles. The molecule has 0 unspecified atom stereocenters. The summed E-state index contributed by atoms with van der Waals surface area (Å²) in [6.07, 6.45) is 9.76. The van der Waals surface area contributed by atoms with Gasteiger partial charge < -0.3 is 29.1 Å². The van der Waals surface area contributed by atoms with Gasteiger partial charge in [-0.3, -0.25) is 4.79 Å². The molecule has 5 atom stereocenters. The van der Waals surface area contributed by atoms with E-state index in [9.17, 15) is 14.7 Å². The minimum atomic E-state index is -1.62. The number of esters is 1. The van der Waals surface area contributed by atoms with Crippen molar-refractivity contribution in [3.63, 3.8) is 0 Å². The van der Waals surface area contributed by atoms with E-state index in [1.807, 2.05) is 36.4 Å². The minimum Gasteiger partial charge on any atom is -0.490 e. The number of nitrogens with zero attached hydrogens (tertiary/aromatic N) is 2. The summed E-state index contributed by atoms with van der Waals surface area (Å²) in [5.74, 6) is 0.349. The number of aryl methyl sites for hydroxylation is 1. The molecular weight excluding hydrogens is 592 g/mol. The van der Waals surface area contributed by atoms with Gasteiger partial charge in [-0.25, -0.2) is 4.79 Å². The van der Waals surface area contributed by atoms with Crippen LogP contribution in [0.15, 0.2) is 48.6 Å². The summed E-state index contributed by atoms with van der Waals surface area (Å²) in [5.41, 5.74) is 2.07. The zero-order valence-corrected chi connectivity index (χ0v) is 27.4. The van der Waals surface area contributed by atoms with Crippen molar-refractivity contribution in [2.45, 2.75) is 68.5 Å². The predicted molar refractivity (Wildman–Crippen MR) is 174 cm³/mol. The number of carbonyl (C=O) groups excluding carboxylic acids is 2. The van der Waals surface area contributed by atoms with Crippen molar-refractivity contribution >= 4 is 29.2 Å². The van der Waals surface area contributed by atoms with Crippen LogP contribution < -0.4 is 9.64 Å². The number of ether oxygens (including phenoxy) is 3.